The zero-order chi connectivity index (χ0) is 17.2. The fourth-order valence-electron chi connectivity index (χ4n) is 2.98. The number of nitrogens with zero attached hydrogens (tertiary/aromatic N) is 3. The molecule has 132 valence electrons. The van der Waals surface area contributed by atoms with Gasteiger partial charge in [0.05, 0.1) is 25.3 Å². The average molecular weight is 327 g/mol. The molecule has 2 fully saturated rings. The first kappa shape index (κ1) is 18.0. The molecule has 0 saturated carbocycles. The lowest BCUT2D eigenvalue weighted by molar-refractivity contribution is -0.131. The first-order chi connectivity index (χ1) is 10.7. The van der Waals surface area contributed by atoms with Gasteiger partial charge < -0.3 is 19.3 Å². The van der Waals surface area contributed by atoms with Gasteiger partial charge in [0.25, 0.3) is 0 Å². The Morgan fingerprint density at radius 1 is 1.39 bits per heavy atom. The summed E-state index contributed by atoms with van der Waals surface area (Å²) in [6, 6.07) is -0.0829. The Hall–Kier alpha value is -1.34. The molecule has 7 heteroatoms. The van der Waals surface area contributed by atoms with Crippen LogP contribution in [0.15, 0.2) is 0 Å². The summed E-state index contributed by atoms with van der Waals surface area (Å²) >= 11 is 0. The van der Waals surface area contributed by atoms with E-state index >= 15 is 0 Å². The lowest BCUT2D eigenvalue weighted by Gasteiger charge is -2.36. The van der Waals surface area contributed by atoms with E-state index in [9.17, 15) is 9.59 Å². The Morgan fingerprint density at radius 3 is 2.65 bits per heavy atom. The molecule has 0 aromatic carbocycles. The normalized spacial score (nSPS) is 26.1. The molecule has 0 N–H and O–H groups in total. The van der Waals surface area contributed by atoms with Gasteiger partial charge in [-0.05, 0) is 34.2 Å². The molecule has 0 aromatic rings. The number of likely N-dealkylation sites (tertiary alicyclic amines) is 1. The molecule has 2 saturated heterocycles. The second-order valence-electron chi connectivity index (χ2n) is 7.42. The summed E-state index contributed by atoms with van der Waals surface area (Å²) in [4.78, 5) is 29.7. The molecule has 0 aliphatic carbocycles. The van der Waals surface area contributed by atoms with E-state index in [1.165, 1.54) is 0 Å². The summed E-state index contributed by atoms with van der Waals surface area (Å²) in [7, 11) is 3.77. The van der Waals surface area contributed by atoms with Gasteiger partial charge in [-0.3, -0.25) is 9.69 Å². The van der Waals surface area contributed by atoms with Crippen molar-refractivity contribution in [1.82, 2.24) is 14.7 Å². The summed E-state index contributed by atoms with van der Waals surface area (Å²) in [5.41, 5.74) is -0.497. The number of ether oxygens (including phenoxy) is 2. The van der Waals surface area contributed by atoms with Crippen molar-refractivity contribution in [1.29, 1.82) is 0 Å². The van der Waals surface area contributed by atoms with Gasteiger partial charge in [0.2, 0.25) is 5.91 Å². The maximum atomic E-state index is 12.2. The Balaban J connectivity index is 1.86. The van der Waals surface area contributed by atoms with Crippen molar-refractivity contribution in [3.8, 4) is 0 Å². The third kappa shape index (κ3) is 4.81. The van der Waals surface area contributed by atoms with Crippen LogP contribution in [0.25, 0.3) is 0 Å². The van der Waals surface area contributed by atoms with Gasteiger partial charge in [0.15, 0.2) is 0 Å². The summed E-state index contributed by atoms with van der Waals surface area (Å²) in [6.45, 7) is 8.54. The van der Waals surface area contributed by atoms with Crippen molar-refractivity contribution in [3.63, 3.8) is 0 Å². The lowest BCUT2D eigenvalue weighted by atomic mass is 10.2. The summed E-state index contributed by atoms with van der Waals surface area (Å²) in [6.07, 6.45) is 0.444. The van der Waals surface area contributed by atoms with E-state index in [2.05, 4.69) is 0 Å². The molecule has 0 spiro atoms. The predicted molar refractivity (Wildman–Crippen MR) is 86.2 cm³/mol. The molecule has 2 unspecified atom stereocenters. The number of likely N-dealkylation sites (N-methyl/N-ethyl adjacent to an activating group) is 2. The summed E-state index contributed by atoms with van der Waals surface area (Å²) in [5.74, 6) is 0.160. The maximum absolute atomic E-state index is 12.2. The topological polar surface area (TPSA) is 62.3 Å². The number of morpholine rings is 1. The van der Waals surface area contributed by atoms with E-state index in [-0.39, 0.29) is 24.1 Å². The average Bonchev–Trinajstić information content (AvgIpc) is 2.77. The zero-order valence-corrected chi connectivity index (χ0v) is 14.9. The van der Waals surface area contributed by atoms with Crippen LogP contribution in [0.5, 0.6) is 0 Å². The number of amides is 2. The van der Waals surface area contributed by atoms with Gasteiger partial charge in [-0.15, -0.1) is 0 Å². The molecule has 23 heavy (non-hydrogen) atoms. The quantitative estimate of drug-likeness (QED) is 0.767. The molecular formula is C16H29N3O4. The van der Waals surface area contributed by atoms with E-state index in [1.807, 2.05) is 39.8 Å². The molecule has 2 amide bonds. The number of carbonyl (C=O) groups is 2. The van der Waals surface area contributed by atoms with Gasteiger partial charge >= 0.3 is 6.09 Å². The van der Waals surface area contributed by atoms with Crippen LogP contribution in [-0.2, 0) is 14.3 Å². The molecule has 7 nitrogen and oxygen atoms in total. The Labute approximate surface area is 138 Å². The fraction of sp³-hybridized carbons (Fsp3) is 0.875. The number of hydrogen-bond acceptors (Lipinski definition) is 5. The number of hydrogen-bond donors (Lipinski definition) is 0. The zero-order valence-electron chi connectivity index (χ0n) is 14.9. The molecule has 0 aromatic heterocycles. The Kier molecular flexibility index (Phi) is 5.52. The first-order valence-corrected chi connectivity index (χ1v) is 8.22. The highest BCUT2D eigenvalue weighted by molar-refractivity contribution is 5.83. The summed E-state index contributed by atoms with van der Waals surface area (Å²) in [5, 5.41) is 0. The Bertz CT molecular complexity index is 449. The van der Waals surface area contributed by atoms with Crippen molar-refractivity contribution >= 4 is 12.0 Å². The molecule has 2 atom stereocenters. The highest BCUT2D eigenvalue weighted by Gasteiger charge is 2.35. The van der Waals surface area contributed by atoms with Crippen LogP contribution >= 0.6 is 0 Å². The molecule has 2 aliphatic rings. The van der Waals surface area contributed by atoms with Gasteiger partial charge in [0.1, 0.15) is 5.60 Å². The van der Waals surface area contributed by atoms with Crippen LogP contribution in [0.4, 0.5) is 4.79 Å². The van der Waals surface area contributed by atoms with E-state index in [1.54, 1.807) is 9.80 Å². The van der Waals surface area contributed by atoms with Crippen LogP contribution in [0.1, 0.15) is 27.2 Å². The summed E-state index contributed by atoms with van der Waals surface area (Å²) < 4.78 is 11.2. The molecule has 2 aliphatic heterocycles. The van der Waals surface area contributed by atoms with Gasteiger partial charge in [-0.25, -0.2) is 4.79 Å². The minimum Gasteiger partial charge on any atom is -0.444 e. The van der Waals surface area contributed by atoms with Crippen molar-refractivity contribution in [2.45, 2.75) is 44.9 Å². The number of rotatable bonds is 3. The van der Waals surface area contributed by atoms with Crippen LogP contribution in [0.2, 0.25) is 0 Å². The number of carbonyl (C=O) groups excluding carboxylic acids is 2. The van der Waals surface area contributed by atoms with E-state index in [0.29, 0.717) is 26.2 Å². The largest absolute Gasteiger partial charge is 0.444 e. The van der Waals surface area contributed by atoms with Crippen molar-refractivity contribution in [2.24, 2.45) is 0 Å². The van der Waals surface area contributed by atoms with Gasteiger partial charge in [0, 0.05) is 26.7 Å². The SMILES string of the molecule is CN1CCC(N(C)CC2CN(C(=O)OC(C)(C)C)CCO2)C1=O. The van der Waals surface area contributed by atoms with Crippen LogP contribution < -0.4 is 0 Å². The lowest BCUT2D eigenvalue weighted by Crippen LogP contribution is -2.52. The van der Waals surface area contributed by atoms with Crippen LogP contribution in [-0.4, -0.2) is 91.3 Å². The van der Waals surface area contributed by atoms with Crippen molar-refractivity contribution in [3.05, 3.63) is 0 Å². The Morgan fingerprint density at radius 2 is 2.09 bits per heavy atom. The van der Waals surface area contributed by atoms with E-state index in [0.717, 1.165) is 13.0 Å². The second-order valence-corrected chi connectivity index (χ2v) is 7.42. The van der Waals surface area contributed by atoms with Crippen molar-refractivity contribution in [2.75, 3.05) is 46.9 Å². The molecule has 0 bridgehead atoms. The third-order valence-electron chi connectivity index (χ3n) is 4.21. The third-order valence-corrected chi connectivity index (χ3v) is 4.21. The smallest absolute Gasteiger partial charge is 0.410 e. The standard InChI is InChI=1S/C16H29N3O4/c1-16(2,3)23-15(21)19-8-9-22-12(11-19)10-18(5)13-6-7-17(4)14(13)20/h12-13H,6-11H2,1-5H3. The van der Waals surface area contributed by atoms with Gasteiger partial charge in [-0.2, -0.15) is 0 Å². The van der Waals surface area contributed by atoms with E-state index < -0.39 is 5.60 Å². The van der Waals surface area contributed by atoms with E-state index in [4.69, 9.17) is 9.47 Å². The highest BCUT2D eigenvalue weighted by Crippen LogP contribution is 2.17. The maximum Gasteiger partial charge on any atom is 0.410 e. The highest BCUT2D eigenvalue weighted by atomic mass is 16.6. The predicted octanol–water partition coefficient (Wildman–Crippen LogP) is 0.785. The molecule has 2 rings (SSSR count). The second kappa shape index (κ2) is 7.05. The van der Waals surface area contributed by atoms with Crippen molar-refractivity contribution < 1.29 is 19.1 Å². The molecule has 0 radical (unpaired) electrons. The monoisotopic (exact) mass is 327 g/mol. The fourth-order valence-corrected chi connectivity index (χ4v) is 2.98. The molecular weight excluding hydrogens is 298 g/mol. The van der Waals surface area contributed by atoms with Gasteiger partial charge in [-0.1, -0.05) is 0 Å². The van der Waals surface area contributed by atoms with Crippen LogP contribution in [0, 0.1) is 0 Å². The minimum atomic E-state index is -0.497. The minimum absolute atomic E-state index is 0.0829. The molecule has 2 heterocycles. The first-order valence-electron chi connectivity index (χ1n) is 8.22. The van der Waals surface area contributed by atoms with Crippen LogP contribution in [0.3, 0.4) is 0 Å².